The maximum atomic E-state index is 12.9. The van der Waals surface area contributed by atoms with E-state index in [9.17, 15) is 18.0 Å². The average Bonchev–Trinajstić information content (AvgIpc) is 3.05. The lowest BCUT2D eigenvalue weighted by atomic mass is 9.98. The standard InChI is InChI=1S/C22H20F3N3OS.ClH/c1-13-19(10-14-3-2-4-18(9-14)22(23,24)25)30-21(27-13)28-20(29)16-5-6-17-12-26-8-7-15(17)11-16;/h2-6,9,11,26H,7-8,10,12H2,1H3,(H,27,28,29);1H. The number of halogens is 4. The number of benzene rings is 2. The minimum absolute atomic E-state index is 0. The Morgan fingerprint density at radius 2 is 2.00 bits per heavy atom. The fourth-order valence-corrected chi connectivity index (χ4v) is 4.47. The third-order valence-electron chi connectivity index (χ3n) is 5.09. The van der Waals surface area contributed by atoms with Gasteiger partial charge in [-0.1, -0.05) is 24.3 Å². The number of nitrogens with one attached hydrogen (secondary N) is 2. The number of rotatable bonds is 4. The van der Waals surface area contributed by atoms with Crippen LogP contribution in [0.5, 0.6) is 0 Å². The van der Waals surface area contributed by atoms with Crippen molar-refractivity contribution in [2.75, 3.05) is 11.9 Å². The molecule has 0 bridgehead atoms. The van der Waals surface area contributed by atoms with E-state index in [2.05, 4.69) is 15.6 Å². The maximum absolute atomic E-state index is 12.9. The first-order chi connectivity index (χ1) is 14.3. The second-order valence-electron chi connectivity index (χ2n) is 7.27. The number of alkyl halides is 3. The zero-order valence-corrected chi connectivity index (χ0v) is 18.3. The number of fused-ring (bicyclic) bond motifs is 1. The summed E-state index contributed by atoms with van der Waals surface area (Å²) in [7, 11) is 0. The Labute approximate surface area is 188 Å². The molecule has 4 nitrogen and oxygen atoms in total. The smallest absolute Gasteiger partial charge is 0.312 e. The van der Waals surface area contributed by atoms with Gasteiger partial charge in [0.1, 0.15) is 0 Å². The molecule has 2 heterocycles. The third-order valence-corrected chi connectivity index (χ3v) is 6.16. The molecule has 0 radical (unpaired) electrons. The van der Waals surface area contributed by atoms with Gasteiger partial charge < -0.3 is 5.32 Å². The van der Waals surface area contributed by atoms with Crippen LogP contribution in [-0.4, -0.2) is 17.4 Å². The summed E-state index contributed by atoms with van der Waals surface area (Å²) in [6.45, 7) is 3.49. The van der Waals surface area contributed by atoms with E-state index in [4.69, 9.17) is 0 Å². The second kappa shape index (κ2) is 9.38. The molecule has 0 saturated heterocycles. The second-order valence-corrected chi connectivity index (χ2v) is 8.35. The highest BCUT2D eigenvalue weighted by molar-refractivity contribution is 7.15. The SMILES string of the molecule is Cc1nc(NC(=O)c2ccc3c(c2)CCNC3)sc1Cc1cccc(C(F)(F)F)c1.Cl. The molecule has 1 aromatic heterocycles. The molecule has 0 atom stereocenters. The molecule has 0 spiro atoms. The molecule has 1 aliphatic heterocycles. The van der Waals surface area contributed by atoms with Gasteiger partial charge in [-0.15, -0.1) is 23.7 Å². The van der Waals surface area contributed by atoms with E-state index in [1.165, 1.54) is 28.5 Å². The molecular formula is C22H21ClF3N3OS. The van der Waals surface area contributed by atoms with Gasteiger partial charge in [0.2, 0.25) is 0 Å². The number of carbonyl (C=O) groups excluding carboxylic acids is 1. The summed E-state index contributed by atoms with van der Waals surface area (Å²) < 4.78 is 38.8. The highest BCUT2D eigenvalue weighted by atomic mass is 35.5. The number of hydrogen-bond acceptors (Lipinski definition) is 4. The molecule has 164 valence electrons. The summed E-state index contributed by atoms with van der Waals surface area (Å²) in [5.74, 6) is -0.240. The highest BCUT2D eigenvalue weighted by Gasteiger charge is 2.30. The molecule has 0 unspecified atom stereocenters. The lowest BCUT2D eigenvalue weighted by Gasteiger charge is -2.17. The number of amides is 1. The molecule has 0 aliphatic carbocycles. The Hall–Kier alpha value is -2.42. The van der Waals surface area contributed by atoms with E-state index in [1.54, 1.807) is 19.1 Å². The van der Waals surface area contributed by atoms with Gasteiger partial charge in [-0.3, -0.25) is 10.1 Å². The van der Waals surface area contributed by atoms with E-state index in [0.29, 0.717) is 28.4 Å². The molecule has 0 saturated carbocycles. The zero-order valence-electron chi connectivity index (χ0n) is 16.7. The van der Waals surface area contributed by atoms with E-state index >= 15 is 0 Å². The predicted molar refractivity (Wildman–Crippen MR) is 118 cm³/mol. The van der Waals surface area contributed by atoms with E-state index in [0.717, 1.165) is 36.5 Å². The van der Waals surface area contributed by atoms with Gasteiger partial charge in [0.15, 0.2) is 5.13 Å². The van der Waals surface area contributed by atoms with Crippen molar-refractivity contribution in [1.82, 2.24) is 10.3 Å². The zero-order chi connectivity index (χ0) is 21.3. The monoisotopic (exact) mass is 467 g/mol. The molecule has 4 rings (SSSR count). The summed E-state index contributed by atoms with van der Waals surface area (Å²) >= 11 is 1.29. The summed E-state index contributed by atoms with van der Waals surface area (Å²) in [5, 5.41) is 6.56. The maximum Gasteiger partial charge on any atom is 0.416 e. The van der Waals surface area contributed by atoms with Crippen molar-refractivity contribution >= 4 is 34.8 Å². The first-order valence-corrected chi connectivity index (χ1v) is 10.4. The Bertz CT molecular complexity index is 1100. The van der Waals surface area contributed by atoms with Crippen LogP contribution in [0, 0.1) is 6.92 Å². The predicted octanol–water partition coefficient (Wildman–Crippen LogP) is 5.38. The van der Waals surface area contributed by atoms with Crippen molar-refractivity contribution in [3.05, 3.63) is 80.9 Å². The highest BCUT2D eigenvalue weighted by Crippen LogP contribution is 2.31. The molecule has 1 amide bonds. The van der Waals surface area contributed by atoms with E-state index in [-0.39, 0.29) is 18.3 Å². The van der Waals surface area contributed by atoms with Crippen molar-refractivity contribution in [2.45, 2.75) is 32.5 Å². The fourth-order valence-electron chi connectivity index (χ4n) is 3.48. The van der Waals surface area contributed by atoms with Crippen LogP contribution in [0.25, 0.3) is 0 Å². The molecule has 3 aromatic rings. The van der Waals surface area contributed by atoms with Crippen molar-refractivity contribution in [2.24, 2.45) is 0 Å². The van der Waals surface area contributed by atoms with Gasteiger partial charge in [0, 0.05) is 23.4 Å². The number of hydrogen-bond donors (Lipinski definition) is 2. The lowest BCUT2D eigenvalue weighted by molar-refractivity contribution is -0.137. The van der Waals surface area contributed by atoms with Crippen molar-refractivity contribution in [1.29, 1.82) is 0 Å². The van der Waals surface area contributed by atoms with Gasteiger partial charge in [-0.2, -0.15) is 13.2 Å². The lowest BCUT2D eigenvalue weighted by Crippen LogP contribution is -2.24. The normalized spacial score (nSPS) is 13.3. The fraction of sp³-hybridized carbons (Fsp3) is 0.273. The van der Waals surface area contributed by atoms with Gasteiger partial charge in [-0.25, -0.2) is 4.98 Å². The largest absolute Gasteiger partial charge is 0.416 e. The summed E-state index contributed by atoms with van der Waals surface area (Å²) in [4.78, 5) is 17.9. The molecule has 31 heavy (non-hydrogen) atoms. The molecule has 0 fully saturated rings. The van der Waals surface area contributed by atoms with Gasteiger partial charge in [0.05, 0.1) is 11.3 Å². The van der Waals surface area contributed by atoms with E-state index < -0.39 is 11.7 Å². The topological polar surface area (TPSA) is 54.0 Å². The average molecular weight is 468 g/mol. The van der Waals surface area contributed by atoms with E-state index in [1.807, 2.05) is 12.1 Å². The van der Waals surface area contributed by atoms with Gasteiger partial charge >= 0.3 is 6.18 Å². The van der Waals surface area contributed by atoms with Crippen LogP contribution in [0.4, 0.5) is 18.3 Å². The summed E-state index contributed by atoms with van der Waals surface area (Å²) in [6, 6.07) is 10.9. The van der Waals surface area contributed by atoms with Crippen LogP contribution >= 0.6 is 23.7 Å². The minimum atomic E-state index is -4.37. The Morgan fingerprint density at radius 3 is 2.77 bits per heavy atom. The molecule has 2 N–H and O–H groups in total. The Morgan fingerprint density at radius 1 is 1.19 bits per heavy atom. The number of nitrogens with zero attached hydrogens (tertiary/aromatic N) is 1. The van der Waals surface area contributed by atoms with Crippen molar-refractivity contribution in [3.63, 3.8) is 0 Å². The number of thiazole rings is 1. The third kappa shape index (κ3) is 5.44. The Kier molecular flexibility index (Phi) is 7.03. The summed E-state index contributed by atoms with van der Waals surface area (Å²) in [6.07, 6.45) is -3.16. The van der Waals surface area contributed by atoms with Crippen LogP contribution in [0.2, 0.25) is 0 Å². The van der Waals surface area contributed by atoms with Crippen LogP contribution in [0.1, 0.15) is 43.2 Å². The Balaban J connectivity index is 0.00000272. The summed E-state index contributed by atoms with van der Waals surface area (Å²) in [5.41, 5.74) is 3.52. The van der Waals surface area contributed by atoms with Gasteiger partial charge in [0.25, 0.3) is 5.91 Å². The van der Waals surface area contributed by atoms with Crippen LogP contribution in [0.15, 0.2) is 42.5 Å². The number of aryl methyl sites for hydroxylation is 1. The quantitative estimate of drug-likeness (QED) is 0.541. The first kappa shape index (κ1) is 23.2. The van der Waals surface area contributed by atoms with Crippen molar-refractivity contribution in [3.8, 4) is 0 Å². The molecular weight excluding hydrogens is 447 g/mol. The molecule has 2 aromatic carbocycles. The van der Waals surface area contributed by atoms with Crippen LogP contribution in [-0.2, 0) is 25.6 Å². The number of anilines is 1. The minimum Gasteiger partial charge on any atom is -0.312 e. The molecule has 9 heteroatoms. The number of carbonyl (C=O) groups is 1. The number of aromatic nitrogens is 1. The van der Waals surface area contributed by atoms with Crippen molar-refractivity contribution < 1.29 is 18.0 Å². The molecule has 1 aliphatic rings. The first-order valence-electron chi connectivity index (χ1n) is 9.56. The van der Waals surface area contributed by atoms with Gasteiger partial charge in [-0.05, 0) is 54.8 Å². The van der Waals surface area contributed by atoms with Crippen LogP contribution < -0.4 is 10.6 Å². The van der Waals surface area contributed by atoms with Crippen LogP contribution in [0.3, 0.4) is 0 Å².